The first-order valence-electron chi connectivity index (χ1n) is 10.5. The first-order valence-corrected chi connectivity index (χ1v) is 10.5. The molecule has 0 aromatic heterocycles. The number of para-hydroxylation sites is 2. The number of anilines is 2. The molecule has 2 unspecified atom stereocenters. The zero-order chi connectivity index (χ0) is 19.5. The topological polar surface area (TPSA) is 18.8 Å². The van der Waals surface area contributed by atoms with Crippen molar-refractivity contribution in [3.05, 3.63) is 71.6 Å². The molecule has 5 rings (SSSR count). The van der Waals surface area contributed by atoms with Gasteiger partial charge in [0, 0.05) is 23.9 Å². The molecule has 0 amide bonds. The van der Waals surface area contributed by atoms with E-state index in [4.69, 9.17) is 4.99 Å². The summed E-state index contributed by atoms with van der Waals surface area (Å²) >= 11 is 0. The third-order valence-corrected chi connectivity index (χ3v) is 6.63. The molecule has 2 aromatic carbocycles. The Morgan fingerprint density at radius 3 is 2.07 bits per heavy atom. The van der Waals surface area contributed by atoms with Crippen LogP contribution < -0.4 is 4.90 Å². The first-order chi connectivity index (χ1) is 13.5. The number of benzene rings is 2. The van der Waals surface area contributed by atoms with Crippen LogP contribution >= 0.6 is 12.4 Å². The molecule has 2 atom stereocenters. The second-order valence-corrected chi connectivity index (χ2v) is 8.94. The SMILES string of the molecule is CC1CCC(N2C(N3c4ccccc4C(C)(C)c4ccccc43)=CCC2C)=N1.Cl. The summed E-state index contributed by atoms with van der Waals surface area (Å²) in [7, 11) is 0. The van der Waals surface area contributed by atoms with Crippen LogP contribution in [0.15, 0.2) is 65.4 Å². The van der Waals surface area contributed by atoms with E-state index < -0.39 is 0 Å². The van der Waals surface area contributed by atoms with Gasteiger partial charge < -0.3 is 4.90 Å². The van der Waals surface area contributed by atoms with Crippen molar-refractivity contribution in [2.45, 2.75) is 64.5 Å². The van der Waals surface area contributed by atoms with Crippen LogP contribution in [0.1, 0.15) is 58.1 Å². The highest BCUT2D eigenvalue weighted by Gasteiger charge is 2.40. The first kappa shape index (κ1) is 20.0. The highest BCUT2D eigenvalue weighted by atomic mass is 35.5. The largest absolute Gasteiger partial charge is 0.313 e. The van der Waals surface area contributed by atoms with Crippen LogP contribution in [-0.4, -0.2) is 22.8 Å². The molecule has 152 valence electrons. The van der Waals surface area contributed by atoms with Gasteiger partial charge in [-0.25, -0.2) is 0 Å². The van der Waals surface area contributed by atoms with E-state index in [-0.39, 0.29) is 17.8 Å². The third-order valence-electron chi connectivity index (χ3n) is 6.63. The molecule has 3 heterocycles. The number of rotatable bonds is 1. The second-order valence-electron chi connectivity index (χ2n) is 8.94. The van der Waals surface area contributed by atoms with Gasteiger partial charge in [-0.15, -0.1) is 12.4 Å². The van der Waals surface area contributed by atoms with Gasteiger partial charge in [-0.1, -0.05) is 50.2 Å². The lowest BCUT2D eigenvalue weighted by atomic mass is 9.73. The molecule has 0 N–H and O–H groups in total. The lowest BCUT2D eigenvalue weighted by Crippen LogP contribution is -2.41. The van der Waals surface area contributed by atoms with Crippen molar-refractivity contribution >= 4 is 29.6 Å². The van der Waals surface area contributed by atoms with Gasteiger partial charge >= 0.3 is 0 Å². The lowest BCUT2D eigenvalue weighted by Gasteiger charge is -2.44. The number of halogens is 1. The Balaban J connectivity index is 0.00000205. The molecule has 29 heavy (non-hydrogen) atoms. The van der Waals surface area contributed by atoms with Gasteiger partial charge in [-0.2, -0.15) is 0 Å². The van der Waals surface area contributed by atoms with E-state index in [1.807, 2.05) is 0 Å². The predicted molar refractivity (Wildman–Crippen MR) is 125 cm³/mol. The van der Waals surface area contributed by atoms with Crippen LogP contribution in [-0.2, 0) is 5.41 Å². The quantitative estimate of drug-likeness (QED) is 0.544. The number of amidine groups is 1. The normalized spacial score (nSPS) is 24.4. The van der Waals surface area contributed by atoms with E-state index in [1.54, 1.807) is 0 Å². The highest BCUT2D eigenvalue weighted by molar-refractivity contribution is 5.89. The van der Waals surface area contributed by atoms with Crippen molar-refractivity contribution in [3.63, 3.8) is 0 Å². The van der Waals surface area contributed by atoms with Crippen LogP contribution in [0.25, 0.3) is 0 Å². The van der Waals surface area contributed by atoms with Crippen molar-refractivity contribution in [2.75, 3.05) is 4.90 Å². The van der Waals surface area contributed by atoms with Crippen molar-refractivity contribution in [2.24, 2.45) is 4.99 Å². The predicted octanol–water partition coefficient (Wildman–Crippen LogP) is 6.40. The minimum atomic E-state index is -0.0152. The lowest BCUT2D eigenvalue weighted by molar-refractivity contribution is 0.424. The van der Waals surface area contributed by atoms with Gasteiger partial charge in [-0.3, -0.25) is 9.89 Å². The fourth-order valence-electron chi connectivity index (χ4n) is 5.11. The molecule has 3 aliphatic rings. The average molecular weight is 408 g/mol. The molecule has 0 fully saturated rings. The monoisotopic (exact) mass is 407 g/mol. The summed E-state index contributed by atoms with van der Waals surface area (Å²) in [6.45, 7) is 9.23. The van der Waals surface area contributed by atoms with E-state index >= 15 is 0 Å². The maximum Gasteiger partial charge on any atom is 0.115 e. The highest BCUT2D eigenvalue weighted by Crippen LogP contribution is 2.51. The fourth-order valence-corrected chi connectivity index (χ4v) is 5.11. The van der Waals surface area contributed by atoms with Crippen molar-refractivity contribution in [1.29, 1.82) is 0 Å². The van der Waals surface area contributed by atoms with E-state index in [2.05, 4.69) is 92.1 Å². The van der Waals surface area contributed by atoms with Crippen LogP contribution in [0.3, 0.4) is 0 Å². The number of fused-ring (bicyclic) bond motifs is 2. The molecule has 3 nitrogen and oxygen atoms in total. The zero-order valence-electron chi connectivity index (χ0n) is 17.7. The van der Waals surface area contributed by atoms with Crippen molar-refractivity contribution in [3.8, 4) is 0 Å². The molecular weight excluding hydrogens is 378 g/mol. The van der Waals surface area contributed by atoms with Gasteiger partial charge in [-0.05, 0) is 56.0 Å². The molecular formula is C25H30ClN3. The van der Waals surface area contributed by atoms with E-state index in [0.29, 0.717) is 12.1 Å². The van der Waals surface area contributed by atoms with Crippen LogP contribution in [0, 0.1) is 0 Å². The number of hydrogen-bond donors (Lipinski definition) is 0. The van der Waals surface area contributed by atoms with Crippen molar-refractivity contribution in [1.82, 2.24) is 4.90 Å². The third kappa shape index (κ3) is 2.98. The number of nitrogens with zero attached hydrogens (tertiary/aromatic N) is 3. The molecule has 3 aliphatic heterocycles. The Morgan fingerprint density at radius 2 is 1.52 bits per heavy atom. The maximum atomic E-state index is 4.98. The second kappa shape index (κ2) is 7.21. The molecule has 0 saturated carbocycles. The van der Waals surface area contributed by atoms with Crippen LogP contribution in [0.4, 0.5) is 11.4 Å². The van der Waals surface area contributed by atoms with Gasteiger partial charge in [0.25, 0.3) is 0 Å². The minimum Gasteiger partial charge on any atom is -0.313 e. The van der Waals surface area contributed by atoms with E-state index in [1.165, 1.54) is 34.2 Å². The molecule has 0 radical (unpaired) electrons. The Labute approximate surface area is 180 Å². The smallest absolute Gasteiger partial charge is 0.115 e. The maximum absolute atomic E-state index is 4.98. The van der Waals surface area contributed by atoms with E-state index in [0.717, 1.165) is 19.3 Å². The summed E-state index contributed by atoms with van der Waals surface area (Å²) in [5, 5.41) is 0. The van der Waals surface area contributed by atoms with Gasteiger partial charge in [0.1, 0.15) is 11.7 Å². The Kier molecular flexibility index (Phi) is 4.98. The Bertz CT molecular complexity index is 942. The summed E-state index contributed by atoms with van der Waals surface area (Å²) in [6.07, 6.45) is 5.70. The summed E-state index contributed by atoms with van der Waals surface area (Å²) in [4.78, 5) is 9.95. The number of hydrogen-bond acceptors (Lipinski definition) is 3. The summed E-state index contributed by atoms with van der Waals surface area (Å²) < 4.78 is 0. The Hall–Kier alpha value is -2.26. The molecule has 0 aliphatic carbocycles. The van der Waals surface area contributed by atoms with Gasteiger partial charge in [0.15, 0.2) is 0 Å². The summed E-state index contributed by atoms with van der Waals surface area (Å²) in [5.74, 6) is 2.53. The van der Waals surface area contributed by atoms with Gasteiger partial charge in [0.05, 0.1) is 11.4 Å². The van der Waals surface area contributed by atoms with Crippen molar-refractivity contribution < 1.29 is 0 Å². The van der Waals surface area contributed by atoms with Crippen LogP contribution in [0.2, 0.25) is 0 Å². The van der Waals surface area contributed by atoms with E-state index in [9.17, 15) is 0 Å². The van der Waals surface area contributed by atoms with Crippen LogP contribution in [0.5, 0.6) is 0 Å². The van der Waals surface area contributed by atoms with Gasteiger partial charge in [0.2, 0.25) is 0 Å². The summed E-state index contributed by atoms with van der Waals surface area (Å²) in [5.41, 5.74) is 5.34. The molecule has 0 spiro atoms. The molecule has 4 heteroatoms. The standard InChI is InChI=1S/C25H29N3.ClH/c1-17-13-15-23(26-17)27-18(2)14-16-24(27)28-21-11-7-5-9-19(21)25(3,4)20-10-6-8-12-22(20)28;/h5-12,16-18H,13-15H2,1-4H3;1H. The molecule has 0 saturated heterocycles. The fraction of sp³-hybridized carbons (Fsp3) is 0.400. The number of aliphatic imine (C=N–C) groups is 1. The molecule has 2 aromatic rings. The minimum absolute atomic E-state index is 0. The zero-order valence-corrected chi connectivity index (χ0v) is 18.5. The average Bonchev–Trinajstić information content (AvgIpc) is 3.28. The molecule has 0 bridgehead atoms. The summed E-state index contributed by atoms with van der Waals surface area (Å²) in [6, 6.07) is 18.7. The Morgan fingerprint density at radius 1 is 0.931 bits per heavy atom.